The Balaban J connectivity index is 1.43. The first-order valence-corrected chi connectivity index (χ1v) is 10.8. The van der Waals surface area contributed by atoms with Crippen LogP contribution in [-0.4, -0.2) is 66.5 Å². The van der Waals surface area contributed by atoms with E-state index in [0.29, 0.717) is 12.4 Å². The predicted molar refractivity (Wildman–Crippen MR) is 117 cm³/mol. The lowest BCUT2D eigenvalue weighted by molar-refractivity contribution is 0.178. The summed E-state index contributed by atoms with van der Waals surface area (Å²) in [6, 6.07) is 9.02. The maximum atomic E-state index is 13.9. The molecular formula is C22H29FN6O2. The maximum absolute atomic E-state index is 13.9. The number of hydrogen-bond acceptors (Lipinski definition) is 7. The average molecular weight is 429 g/mol. The third-order valence-corrected chi connectivity index (χ3v) is 5.78. The maximum Gasteiger partial charge on any atom is 0.415 e. The second-order valence-electron chi connectivity index (χ2n) is 7.87. The number of carbonyl (C=O) groups excluding carboxylic acids is 1. The van der Waals surface area contributed by atoms with Crippen molar-refractivity contribution in [1.82, 2.24) is 20.2 Å². The van der Waals surface area contributed by atoms with Crippen molar-refractivity contribution in [3.05, 3.63) is 47.7 Å². The van der Waals surface area contributed by atoms with Gasteiger partial charge in [-0.25, -0.2) is 14.2 Å². The Bertz CT molecular complexity index is 875. The highest BCUT2D eigenvalue weighted by Gasteiger charge is 2.34. The van der Waals surface area contributed by atoms with Crippen LogP contribution >= 0.6 is 0 Å². The zero-order chi connectivity index (χ0) is 21.6. The SMILES string of the molecule is CC[C@H]1COC(=O)N1c1ccnc(NC(CF)c2ccc(CN3CCNCC3)cc2)n1. The number of alkyl halides is 1. The van der Waals surface area contributed by atoms with Crippen molar-refractivity contribution < 1.29 is 13.9 Å². The van der Waals surface area contributed by atoms with Crippen LogP contribution in [0.2, 0.25) is 0 Å². The normalized spacial score (nSPS) is 20.5. The van der Waals surface area contributed by atoms with Gasteiger partial charge in [-0.05, 0) is 23.6 Å². The summed E-state index contributed by atoms with van der Waals surface area (Å²) in [7, 11) is 0. The van der Waals surface area contributed by atoms with E-state index in [0.717, 1.165) is 44.7 Å². The lowest BCUT2D eigenvalue weighted by Crippen LogP contribution is -2.42. The van der Waals surface area contributed by atoms with Gasteiger partial charge in [0.2, 0.25) is 5.95 Å². The number of halogens is 1. The van der Waals surface area contributed by atoms with E-state index in [1.807, 2.05) is 31.2 Å². The molecule has 2 aromatic rings. The molecule has 2 N–H and O–H groups in total. The van der Waals surface area contributed by atoms with E-state index >= 15 is 0 Å². The molecule has 9 heteroatoms. The van der Waals surface area contributed by atoms with Gasteiger partial charge in [-0.1, -0.05) is 31.2 Å². The molecule has 2 aliphatic heterocycles. The number of nitrogens with one attached hydrogen (secondary N) is 2. The number of aromatic nitrogens is 2. The minimum atomic E-state index is -0.603. The van der Waals surface area contributed by atoms with Crippen molar-refractivity contribution in [2.45, 2.75) is 32.0 Å². The van der Waals surface area contributed by atoms with Crippen LogP contribution in [0.5, 0.6) is 0 Å². The summed E-state index contributed by atoms with van der Waals surface area (Å²) in [5, 5.41) is 6.42. The largest absolute Gasteiger partial charge is 0.447 e. The van der Waals surface area contributed by atoms with Gasteiger partial charge in [0.25, 0.3) is 0 Å². The Morgan fingerprint density at radius 3 is 2.74 bits per heavy atom. The van der Waals surface area contributed by atoms with Crippen molar-refractivity contribution in [1.29, 1.82) is 0 Å². The number of amides is 1. The van der Waals surface area contributed by atoms with E-state index in [4.69, 9.17) is 4.74 Å². The van der Waals surface area contributed by atoms with Crippen LogP contribution in [0.1, 0.15) is 30.5 Å². The summed E-state index contributed by atoms with van der Waals surface area (Å²) in [6.07, 6.45) is 1.90. The summed E-state index contributed by atoms with van der Waals surface area (Å²) in [6.45, 7) is 6.72. The van der Waals surface area contributed by atoms with E-state index in [1.54, 1.807) is 12.3 Å². The molecule has 8 nitrogen and oxygen atoms in total. The Morgan fingerprint density at radius 2 is 2.03 bits per heavy atom. The molecule has 0 saturated carbocycles. The molecule has 0 bridgehead atoms. The highest BCUT2D eigenvalue weighted by atomic mass is 19.1. The number of benzene rings is 1. The molecule has 1 aromatic carbocycles. The van der Waals surface area contributed by atoms with Crippen molar-refractivity contribution in [3.63, 3.8) is 0 Å². The topological polar surface area (TPSA) is 82.6 Å². The molecule has 1 aromatic heterocycles. The number of piperazine rings is 1. The average Bonchev–Trinajstić information content (AvgIpc) is 3.19. The number of carbonyl (C=O) groups is 1. The molecule has 0 aliphatic carbocycles. The van der Waals surface area contributed by atoms with Gasteiger partial charge in [-0.3, -0.25) is 9.80 Å². The van der Waals surface area contributed by atoms with Crippen molar-refractivity contribution >= 4 is 17.9 Å². The third kappa shape index (κ3) is 5.11. The second-order valence-corrected chi connectivity index (χ2v) is 7.87. The molecule has 1 amide bonds. The fourth-order valence-electron chi connectivity index (χ4n) is 3.94. The van der Waals surface area contributed by atoms with Gasteiger partial charge in [0.1, 0.15) is 19.1 Å². The Hall–Kier alpha value is -2.78. The second kappa shape index (κ2) is 10.0. The van der Waals surface area contributed by atoms with E-state index in [1.165, 1.54) is 10.5 Å². The van der Waals surface area contributed by atoms with Crippen LogP contribution in [0, 0.1) is 0 Å². The quantitative estimate of drug-likeness (QED) is 0.669. The van der Waals surface area contributed by atoms with Gasteiger partial charge in [0.15, 0.2) is 0 Å². The minimum Gasteiger partial charge on any atom is -0.447 e. The number of cyclic esters (lactones) is 1. The van der Waals surface area contributed by atoms with Crippen LogP contribution in [0.3, 0.4) is 0 Å². The molecule has 166 valence electrons. The summed E-state index contributed by atoms with van der Waals surface area (Å²) < 4.78 is 19.0. The first-order chi connectivity index (χ1) is 15.2. The first-order valence-electron chi connectivity index (χ1n) is 10.8. The van der Waals surface area contributed by atoms with Gasteiger partial charge in [0.05, 0.1) is 12.1 Å². The zero-order valence-electron chi connectivity index (χ0n) is 17.8. The lowest BCUT2D eigenvalue weighted by Gasteiger charge is -2.27. The monoisotopic (exact) mass is 428 g/mol. The highest BCUT2D eigenvalue weighted by molar-refractivity contribution is 5.89. The van der Waals surface area contributed by atoms with Crippen molar-refractivity contribution in [3.8, 4) is 0 Å². The summed E-state index contributed by atoms with van der Waals surface area (Å²) in [5.41, 5.74) is 2.03. The number of hydrogen-bond donors (Lipinski definition) is 2. The molecule has 3 heterocycles. The van der Waals surface area contributed by atoms with Crippen LogP contribution in [0.15, 0.2) is 36.5 Å². The molecule has 31 heavy (non-hydrogen) atoms. The summed E-state index contributed by atoms with van der Waals surface area (Å²) >= 11 is 0. The number of rotatable bonds is 8. The molecule has 2 atom stereocenters. The van der Waals surface area contributed by atoms with Gasteiger partial charge < -0.3 is 15.4 Å². The molecule has 0 radical (unpaired) electrons. The van der Waals surface area contributed by atoms with Gasteiger partial charge in [-0.15, -0.1) is 0 Å². The Morgan fingerprint density at radius 1 is 1.26 bits per heavy atom. The summed E-state index contributed by atoms with van der Waals surface area (Å²) in [5.74, 6) is 0.732. The molecule has 2 fully saturated rings. The van der Waals surface area contributed by atoms with Gasteiger partial charge in [0, 0.05) is 38.9 Å². The molecule has 2 saturated heterocycles. The van der Waals surface area contributed by atoms with Crippen molar-refractivity contribution in [2.24, 2.45) is 0 Å². The van der Waals surface area contributed by atoms with E-state index < -0.39 is 18.8 Å². The fourth-order valence-corrected chi connectivity index (χ4v) is 3.94. The van der Waals surface area contributed by atoms with E-state index in [2.05, 4.69) is 25.5 Å². The number of anilines is 2. The van der Waals surface area contributed by atoms with Crippen LogP contribution in [0.4, 0.5) is 21.0 Å². The van der Waals surface area contributed by atoms with Crippen LogP contribution < -0.4 is 15.5 Å². The van der Waals surface area contributed by atoms with Crippen LogP contribution in [-0.2, 0) is 11.3 Å². The molecular weight excluding hydrogens is 399 g/mol. The van der Waals surface area contributed by atoms with Gasteiger partial charge in [-0.2, -0.15) is 4.98 Å². The van der Waals surface area contributed by atoms with E-state index in [9.17, 15) is 9.18 Å². The molecule has 0 spiro atoms. The Labute approximate surface area is 181 Å². The van der Waals surface area contributed by atoms with Gasteiger partial charge >= 0.3 is 6.09 Å². The minimum absolute atomic E-state index is 0.0598. The molecule has 1 unspecified atom stereocenters. The zero-order valence-corrected chi connectivity index (χ0v) is 17.8. The first kappa shape index (κ1) is 21.5. The van der Waals surface area contributed by atoms with Crippen molar-refractivity contribution in [2.75, 3.05) is 49.7 Å². The highest BCUT2D eigenvalue weighted by Crippen LogP contribution is 2.25. The smallest absolute Gasteiger partial charge is 0.415 e. The Kier molecular flexibility index (Phi) is 6.93. The molecule has 4 rings (SSSR count). The predicted octanol–water partition coefficient (Wildman–Crippen LogP) is 2.74. The standard InChI is InChI=1S/C22H29FN6O2/c1-2-18-15-31-22(30)29(18)20-7-8-25-21(27-20)26-19(13-23)17-5-3-16(4-6-17)14-28-11-9-24-10-12-28/h3-8,18-19,24H,2,9-15H2,1H3,(H,25,26,27)/t18-,19?/m0/s1. The lowest BCUT2D eigenvalue weighted by atomic mass is 10.1. The third-order valence-electron chi connectivity index (χ3n) is 5.78. The molecule has 2 aliphatic rings. The van der Waals surface area contributed by atoms with E-state index in [-0.39, 0.29) is 12.0 Å². The number of ether oxygens (including phenoxy) is 1. The number of nitrogens with zero attached hydrogens (tertiary/aromatic N) is 4. The summed E-state index contributed by atoms with van der Waals surface area (Å²) in [4.78, 5) is 24.7. The fraction of sp³-hybridized carbons (Fsp3) is 0.500. The van der Waals surface area contributed by atoms with Crippen LogP contribution in [0.25, 0.3) is 0 Å².